The van der Waals surface area contributed by atoms with Crippen molar-refractivity contribution in [2.45, 2.75) is 44.7 Å². The van der Waals surface area contributed by atoms with Gasteiger partial charge in [0.1, 0.15) is 0 Å². The number of fused-ring (bicyclic) bond motifs is 1. The highest BCUT2D eigenvalue weighted by Gasteiger charge is 2.55. The third-order valence-electron chi connectivity index (χ3n) is 5.47. The predicted molar refractivity (Wildman–Crippen MR) is 97.8 cm³/mol. The second kappa shape index (κ2) is 7.73. The van der Waals surface area contributed by atoms with Gasteiger partial charge in [0.05, 0.1) is 24.3 Å². The second-order valence-corrected chi connectivity index (χ2v) is 9.92. The molecule has 1 saturated heterocycles. The van der Waals surface area contributed by atoms with E-state index >= 15 is 0 Å². The molecule has 1 aromatic heterocycles. The predicted octanol–water partition coefficient (Wildman–Crippen LogP) is 1.98. The van der Waals surface area contributed by atoms with E-state index in [1.807, 2.05) is 17.5 Å². The van der Waals surface area contributed by atoms with Crippen LogP contribution < -0.4 is 5.32 Å². The summed E-state index contributed by atoms with van der Waals surface area (Å²) in [6.45, 7) is 1.18. The van der Waals surface area contributed by atoms with E-state index in [-0.39, 0.29) is 17.7 Å². The molecule has 2 atom stereocenters. The number of hydrogen-bond donors (Lipinski definition) is 1. The first-order valence-electron chi connectivity index (χ1n) is 8.79. The summed E-state index contributed by atoms with van der Waals surface area (Å²) in [6.07, 6.45) is 3.85. The molecule has 6 nitrogen and oxygen atoms in total. The lowest BCUT2D eigenvalue weighted by atomic mass is 9.67. The van der Waals surface area contributed by atoms with Crippen LogP contribution in [0.25, 0.3) is 0 Å². The molecule has 0 aromatic carbocycles. The standard InChI is InChI=1S/C17H26N2O4S2/c1-23-10-9-19-15-6-2-3-7-17(15,8-12-25(19,21)22)16(20)18-13-14-5-4-11-24-14/h4-5,11,15H,2-3,6-10,12-13H2,1H3,(H,18,20)/t15-,17-/m1/s1. The smallest absolute Gasteiger partial charge is 0.228 e. The Morgan fingerprint density at radius 3 is 3.00 bits per heavy atom. The molecule has 1 N–H and O–H groups in total. The minimum Gasteiger partial charge on any atom is -0.383 e. The molecule has 2 aliphatic rings. The fraction of sp³-hybridized carbons (Fsp3) is 0.706. The third-order valence-corrected chi connectivity index (χ3v) is 8.22. The van der Waals surface area contributed by atoms with Gasteiger partial charge in [0, 0.05) is 24.6 Å². The average molecular weight is 387 g/mol. The zero-order valence-electron chi connectivity index (χ0n) is 14.6. The number of amides is 1. The fourth-order valence-electron chi connectivity index (χ4n) is 4.17. The summed E-state index contributed by atoms with van der Waals surface area (Å²) in [4.78, 5) is 14.2. The first-order valence-corrected chi connectivity index (χ1v) is 11.3. The molecule has 0 bridgehead atoms. The lowest BCUT2D eigenvalue weighted by molar-refractivity contribution is -0.137. The van der Waals surface area contributed by atoms with Crippen molar-refractivity contribution in [2.75, 3.05) is 26.0 Å². The molecule has 140 valence electrons. The summed E-state index contributed by atoms with van der Waals surface area (Å²) in [5, 5.41) is 5.06. The number of methoxy groups -OCH3 is 1. The van der Waals surface area contributed by atoms with Gasteiger partial charge in [-0.05, 0) is 30.7 Å². The Morgan fingerprint density at radius 2 is 2.28 bits per heavy atom. The third kappa shape index (κ3) is 3.77. The van der Waals surface area contributed by atoms with Crippen molar-refractivity contribution >= 4 is 27.3 Å². The van der Waals surface area contributed by atoms with Gasteiger partial charge in [0.2, 0.25) is 15.9 Å². The fourth-order valence-corrected chi connectivity index (χ4v) is 6.71. The van der Waals surface area contributed by atoms with Crippen molar-refractivity contribution in [1.29, 1.82) is 0 Å². The van der Waals surface area contributed by atoms with Gasteiger partial charge >= 0.3 is 0 Å². The molecule has 8 heteroatoms. The van der Waals surface area contributed by atoms with Gasteiger partial charge in [-0.15, -0.1) is 11.3 Å². The van der Waals surface area contributed by atoms with E-state index in [9.17, 15) is 13.2 Å². The number of nitrogens with zero attached hydrogens (tertiary/aromatic N) is 1. The number of sulfonamides is 1. The van der Waals surface area contributed by atoms with Crippen molar-refractivity contribution in [3.05, 3.63) is 22.4 Å². The van der Waals surface area contributed by atoms with E-state index in [1.165, 1.54) is 0 Å². The molecule has 25 heavy (non-hydrogen) atoms. The van der Waals surface area contributed by atoms with Gasteiger partial charge in [0.15, 0.2) is 0 Å². The molecule has 2 fully saturated rings. The van der Waals surface area contributed by atoms with Crippen LogP contribution in [0, 0.1) is 5.41 Å². The van der Waals surface area contributed by atoms with Gasteiger partial charge in [-0.2, -0.15) is 4.31 Å². The normalized spacial score (nSPS) is 29.1. The van der Waals surface area contributed by atoms with Crippen LogP contribution in [0.4, 0.5) is 0 Å². The van der Waals surface area contributed by atoms with Crippen LogP contribution in [0.2, 0.25) is 0 Å². The van der Waals surface area contributed by atoms with E-state index in [0.717, 1.165) is 30.6 Å². The van der Waals surface area contributed by atoms with E-state index in [0.29, 0.717) is 26.1 Å². The van der Waals surface area contributed by atoms with Gasteiger partial charge in [-0.25, -0.2) is 8.42 Å². The topological polar surface area (TPSA) is 75.7 Å². The molecule has 1 aliphatic heterocycles. The number of ether oxygens (including phenoxy) is 1. The van der Waals surface area contributed by atoms with E-state index < -0.39 is 15.4 Å². The molecular weight excluding hydrogens is 360 g/mol. The van der Waals surface area contributed by atoms with E-state index in [1.54, 1.807) is 22.8 Å². The molecule has 2 heterocycles. The Bertz CT molecular complexity index is 690. The summed E-state index contributed by atoms with van der Waals surface area (Å²) < 4.78 is 31.8. The monoisotopic (exact) mass is 386 g/mol. The summed E-state index contributed by atoms with van der Waals surface area (Å²) in [5.41, 5.74) is -0.603. The number of nitrogens with one attached hydrogen (secondary N) is 1. The highest BCUT2D eigenvalue weighted by atomic mass is 32.2. The first-order chi connectivity index (χ1) is 12.0. The number of carbonyl (C=O) groups is 1. The van der Waals surface area contributed by atoms with Gasteiger partial charge < -0.3 is 10.1 Å². The van der Waals surface area contributed by atoms with E-state index in [2.05, 4.69) is 5.32 Å². The van der Waals surface area contributed by atoms with Crippen molar-refractivity contribution < 1.29 is 17.9 Å². The molecule has 0 radical (unpaired) electrons. The molecule has 1 amide bonds. The largest absolute Gasteiger partial charge is 0.383 e. The van der Waals surface area contributed by atoms with Crippen LogP contribution >= 0.6 is 11.3 Å². The summed E-state index contributed by atoms with van der Waals surface area (Å²) in [6, 6.07) is 3.71. The number of thiophene rings is 1. The van der Waals surface area contributed by atoms with Crippen molar-refractivity contribution in [3.63, 3.8) is 0 Å². The van der Waals surface area contributed by atoms with Crippen molar-refractivity contribution in [2.24, 2.45) is 5.41 Å². The van der Waals surface area contributed by atoms with Crippen molar-refractivity contribution in [1.82, 2.24) is 9.62 Å². The van der Waals surface area contributed by atoms with Gasteiger partial charge in [0.25, 0.3) is 0 Å². The van der Waals surface area contributed by atoms with Gasteiger partial charge in [-0.1, -0.05) is 18.9 Å². The summed E-state index contributed by atoms with van der Waals surface area (Å²) in [5.74, 6) is 0.0440. The molecule has 3 rings (SSSR count). The molecular formula is C17H26N2O4S2. The Morgan fingerprint density at radius 1 is 1.44 bits per heavy atom. The van der Waals surface area contributed by atoms with Crippen LogP contribution in [0.1, 0.15) is 37.0 Å². The number of hydrogen-bond acceptors (Lipinski definition) is 5. The van der Waals surface area contributed by atoms with Crippen molar-refractivity contribution in [3.8, 4) is 0 Å². The van der Waals surface area contributed by atoms with E-state index in [4.69, 9.17) is 4.74 Å². The second-order valence-electron chi connectivity index (χ2n) is 6.85. The van der Waals surface area contributed by atoms with Crippen LogP contribution in [-0.2, 0) is 26.1 Å². The molecule has 1 saturated carbocycles. The lowest BCUT2D eigenvalue weighted by Gasteiger charge is -2.50. The average Bonchev–Trinajstić information content (AvgIpc) is 3.12. The quantitative estimate of drug-likeness (QED) is 0.811. The summed E-state index contributed by atoms with van der Waals surface area (Å²) >= 11 is 1.61. The lowest BCUT2D eigenvalue weighted by Crippen LogP contribution is -2.63. The SMILES string of the molecule is COCCN1[C@@H]2CCCC[C@@]2(C(=O)NCc2cccs2)CCS1(=O)=O. The highest BCUT2D eigenvalue weighted by Crippen LogP contribution is 2.46. The Balaban J connectivity index is 1.81. The van der Waals surface area contributed by atoms with Crippen LogP contribution in [0.15, 0.2) is 17.5 Å². The maximum Gasteiger partial charge on any atom is 0.228 e. The Kier molecular flexibility index (Phi) is 5.82. The Labute approximate surface area is 153 Å². The minimum atomic E-state index is -3.32. The van der Waals surface area contributed by atoms with Crippen LogP contribution in [0.5, 0.6) is 0 Å². The number of rotatable bonds is 6. The zero-order valence-corrected chi connectivity index (χ0v) is 16.2. The maximum atomic E-state index is 13.1. The van der Waals surface area contributed by atoms with Crippen LogP contribution in [-0.4, -0.2) is 50.7 Å². The maximum absolute atomic E-state index is 13.1. The number of carbonyl (C=O) groups excluding carboxylic acids is 1. The highest BCUT2D eigenvalue weighted by molar-refractivity contribution is 7.89. The minimum absolute atomic E-state index is 0.00270. The molecule has 0 unspecified atom stereocenters. The molecule has 1 aliphatic carbocycles. The summed E-state index contributed by atoms with van der Waals surface area (Å²) in [7, 11) is -1.75. The first kappa shape index (κ1) is 18.8. The zero-order chi connectivity index (χ0) is 17.9. The molecule has 1 aromatic rings. The van der Waals surface area contributed by atoms with Crippen LogP contribution in [0.3, 0.4) is 0 Å². The van der Waals surface area contributed by atoms with Gasteiger partial charge in [-0.3, -0.25) is 4.79 Å². The Hall–Kier alpha value is -0.960. The molecule has 0 spiro atoms.